The first kappa shape index (κ1) is 44.0. The van der Waals surface area contributed by atoms with E-state index in [1.54, 1.807) is 28.4 Å². The van der Waals surface area contributed by atoms with Gasteiger partial charge >= 0.3 is 0 Å². The largest absolute Gasteiger partial charge is 0.496 e. The standard InChI is InChI=1S/2C30H26O2/c2*1-31-29-9-5-3-7-27(29)21-15-23-11-17-25(18-12-23)26-19-13-24(14-20-26)16-22-28-8-4-6-10-30(28)32-2/h2*3-22H,1-2H3/b21-15+,22-16+;. The molecule has 0 fully saturated rings. The minimum Gasteiger partial charge on any atom is -0.496 e. The summed E-state index contributed by atoms with van der Waals surface area (Å²) in [6.07, 6.45) is 16.7. The molecule has 4 nitrogen and oxygen atoms in total. The van der Waals surface area contributed by atoms with Crippen LogP contribution in [0.2, 0.25) is 0 Å². The zero-order valence-electron chi connectivity index (χ0n) is 36.7. The molecule has 64 heavy (non-hydrogen) atoms. The molecule has 4 heteroatoms. The van der Waals surface area contributed by atoms with Gasteiger partial charge in [-0.2, -0.15) is 0 Å². The highest BCUT2D eigenvalue weighted by Crippen LogP contribution is 2.27. The van der Waals surface area contributed by atoms with Gasteiger partial charge < -0.3 is 18.9 Å². The zero-order valence-corrected chi connectivity index (χ0v) is 36.7. The Labute approximate surface area is 378 Å². The maximum absolute atomic E-state index is 5.41. The van der Waals surface area contributed by atoms with Crippen LogP contribution in [0.15, 0.2) is 194 Å². The highest BCUT2D eigenvalue weighted by atomic mass is 16.5. The minimum absolute atomic E-state index is 0.875. The second-order valence-corrected chi connectivity index (χ2v) is 14.8. The van der Waals surface area contributed by atoms with E-state index in [1.807, 2.05) is 97.1 Å². The molecule has 8 aromatic rings. The van der Waals surface area contributed by atoms with E-state index in [2.05, 4.69) is 146 Å². The van der Waals surface area contributed by atoms with Gasteiger partial charge in [-0.05, 0) is 68.8 Å². The van der Waals surface area contributed by atoms with E-state index in [1.165, 1.54) is 22.3 Å². The predicted octanol–water partition coefficient (Wildman–Crippen LogP) is 15.4. The van der Waals surface area contributed by atoms with Crippen molar-refractivity contribution in [2.45, 2.75) is 0 Å². The lowest BCUT2D eigenvalue weighted by Crippen LogP contribution is -1.85. The summed E-state index contributed by atoms with van der Waals surface area (Å²) in [5.74, 6) is 3.50. The topological polar surface area (TPSA) is 36.9 Å². The van der Waals surface area contributed by atoms with Gasteiger partial charge in [0.05, 0.1) is 28.4 Å². The van der Waals surface area contributed by atoms with Crippen molar-refractivity contribution in [1.82, 2.24) is 0 Å². The van der Waals surface area contributed by atoms with Crippen LogP contribution in [0, 0.1) is 0 Å². The molecule has 0 bridgehead atoms. The number of para-hydroxylation sites is 4. The monoisotopic (exact) mass is 836 g/mol. The molecule has 8 rings (SSSR count). The van der Waals surface area contributed by atoms with Crippen LogP contribution in [0.1, 0.15) is 44.5 Å². The Hall–Kier alpha value is -8.08. The summed E-state index contributed by atoms with van der Waals surface area (Å²) in [7, 11) is 6.78. The normalized spacial score (nSPS) is 11.2. The average Bonchev–Trinajstić information content (AvgIpc) is 3.37. The van der Waals surface area contributed by atoms with Crippen LogP contribution in [0.3, 0.4) is 0 Å². The Kier molecular flexibility index (Phi) is 15.6. The van der Waals surface area contributed by atoms with Gasteiger partial charge in [0, 0.05) is 22.3 Å². The third-order valence-corrected chi connectivity index (χ3v) is 10.7. The molecular formula is C60H52O4. The van der Waals surface area contributed by atoms with Gasteiger partial charge in [-0.3, -0.25) is 0 Å². The van der Waals surface area contributed by atoms with Gasteiger partial charge in [-0.25, -0.2) is 0 Å². The van der Waals surface area contributed by atoms with Crippen molar-refractivity contribution < 1.29 is 18.9 Å². The molecule has 8 aromatic carbocycles. The molecule has 0 amide bonds. The molecule has 0 spiro atoms. The van der Waals surface area contributed by atoms with Gasteiger partial charge in [0.1, 0.15) is 23.0 Å². The average molecular weight is 837 g/mol. The van der Waals surface area contributed by atoms with Crippen LogP contribution in [-0.4, -0.2) is 28.4 Å². The van der Waals surface area contributed by atoms with Gasteiger partial charge in [-0.15, -0.1) is 0 Å². The Balaban J connectivity index is 0.000000191. The summed E-state index contributed by atoms with van der Waals surface area (Å²) in [5, 5.41) is 0. The number of ether oxygens (including phenoxy) is 4. The van der Waals surface area contributed by atoms with E-state index >= 15 is 0 Å². The van der Waals surface area contributed by atoms with Gasteiger partial charge in [0.25, 0.3) is 0 Å². The maximum atomic E-state index is 5.41. The molecule has 0 atom stereocenters. The number of hydrogen-bond acceptors (Lipinski definition) is 4. The Morgan fingerprint density at radius 3 is 0.594 bits per heavy atom. The van der Waals surface area contributed by atoms with Crippen LogP contribution >= 0.6 is 0 Å². The van der Waals surface area contributed by atoms with Crippen LogP contribution in [0.25, 0.3) is 70.9 Å². The highest BCUT2D eigenvalue weighted by molar-refractivity contribution is 5.78. The van der Waals surface area contributed by atoms with Gasteiger partial charge in [0.2, 0.25) is 0 Å². The first-order valence-electron chi connectivity index (χ1n) is 21.2. The van der Waals surface area contributed by atoms with E-state index in [9.17, 15) is 0 Å². The maximum Gasteiger partial charge on any atom is 0.126 e. The summed E-state index contributed by atoms with van der Waals surface area (Å²) < 4.78 is 21.6. The van der Waals surface area contributed by atoms with Crippen molar-refractivity contribution in [2.24, 2.45) is 0 Å². The first-order chi connectivity index (χ1) is 31.5. The molecule has 0 N–H and O–H groups in total. The molecule has 0 aliphatic heterocycles. The fourth-order valence-corrected chi connectivity index (χ4v) is 7.11. The fraction of sp³-hybridized carbons (Fsp3) is 0.0667. The molecule has 316 valence electrons. The van der Waals surface area contributed by atoms with Crippen LogP contribution in [-0.2, 0) is 0 Å². The van der Waals surface area contributed by atoms with Crippen molar-refractivity contribution in [3.8, 4) is 45.3 Å². The lowest BCUT2D eigenvalue weighted by atomic mass is 10.0. The lowest BCUT2D eigenvalue weighted by molar-refractivity contribution is 0.414. The molecule has 0 aromatic heterocycles. The summed E-state index contributed by atoms with van der Waals surface area (Å²) >= 11 is 0. The molecule has 0 unspecified atom stereocenters. The smallest absolute Gasteiger partial charge is 0.126 e. The van der Waals surface area contributed by atoms with E-state index in [0.29, 0.717) is 0 Å². The second kappa shape index (κ2) is 22.7. The van der Waals surface area contributed by atoms with Gasteiger partial charge in [0.15, 0.2) is 0 Å². The summed E-state index contributed by atoms with van der Waals surface area (Å²) in [4.78, 5) is 0. The van der Waals surface area contributed by atoms with E-state index in [-0.39, 0.29) is 0 Å². The molecular weight excluding hydrogens is 785 g/mol. The van der Waals surface area contributed by atoms with Crippen molar-refractivity contribution in [3.63, 3.8) is 0 Å². The summed E-state index contributed by atoms with van der Waals surface area (Å²) in [6.45, 7) is 0. The minimum atomic E-state index is 0.875. The quantitative estimate of drug-likeness (QED) is 0.102. The Bertz CT molecular complexity index is 2430. The molecule has 0 radical (unpaired) electrons. The number of methoxy groups -OCH3 is 4. The van der Waals surface area contributed by atoms with E-state index < -0.39 is 0 Å². The predicted molar refractivity (Wildman–Crippen MR) is 271 cm³/mol. The molecule has 0 saturated heterocycles. The molecule has 0 saturated carbocycles. The Morgan fingerprint density at radius 1 is 0.219 bits per heavy atom. The van der Waals surface area contributed by atoms with E-state index in [0.717, 1.165) is 67.5 Å². The van der Waals surface area contributed by atoms with Crippen LogP contribution < -0.4 is 18.9 Å². The van der Waals surface area contributed by atoms with Crippen molar-refractivity contribution in [3.05, 3.63) is 239 Å². The third-order valence-electron chi connectivity index (χ3n) is 10.7. The summed E-state index contributed by atoms with van der Waals surface area (Å²) in [5.41, 5.74) is 13.6. The summed E-state index contributed by atoms with van der Waals surface area (Å²) in [6, 6.07) is 66.4. The Morgan fingerprint density at radius 2 is 0.406 bits per heavy atom. The highest BCUT2D eigenvalue weighted by Gasteiger charge is 2.03. The molecule has 0 aliphatic rings. The van der Waals surface area contributed by atoms with Crippen LogP contribution in [0.5, 0.6) is 23.0 Å². The molecule has 0 heterocycles. The van der Waals surface area contributed by atoms with Crippen molar-refractivity contribution in [2.75, 3.05) is 28.4 Å². The molecule has 0 aliphatic carbocycles. The number of hydrogen-bond donors (Lipinski definition) is 0. The lowest BCUT2D eigenvalue weighted by Gasteiger charge is -2.05. The SMILES string of the molecule is COc1ccccc1/C=C/c1ccc(-c2ccc(/C=C/c3ccccc3OC)cc2)cc1.COc1ccccc1C=Cc1ccc(-c2ccc(C=Cc3ccccc3OC)cc2)cc1. The van der Waals surface area contributed by atoms with Crippen molar-refractivity contribution in [1.29, 1.82) is 0 Å². The van der Waals surface area contributed by atoms with E-state index in [4.69, 9.17) is 18.9 Å². The second-order valence-electron chi connectivity index (χ2n) is 14.8. The number of rotatable bonds is 14. The number of benzene rings is 8. The van der Waals surface area contributed by atoms with Crippen LogP contribution in [0.4, 0.5) is 0 Å². The van der Waals surface area contributed by atoms with Gasteiger partial charge in [-0.1, -0.05) is 218 Å². The first-order valence-corrected chi connectivity index (χ1v) is 21.2. The zero-order chi connectivity index (χ0) is 44.4. The third kappa shape index (κ3) is 12.1. The van der Waals surface area contributed by atoms with Crippen molar-refractivity contribution >= 4 is 48.6 Å². The fourth-order valence-electron chi connectivity index (χ4n) is 7.11.